The van der Waals surface area contributed by atoms with Gasteiger partial charge in [-0.25, -0.2) is 8.42 Å². The third kappa shape index (κ3) is 4.45. The molecule has 0 aliphatic rings. The fourth-order valence-electron chi connectivity index (χ4n) is 2.40. The summed E-state index contributed by atoms with van der Waals surface area (Å²) in [4.78, 5) is 14.1. The molecule has 0 aliphatic heterocycles. The maximum Gasteiger partial charge on any atom is 0.247 e. The van der Waals surface area contributed by atoms with Crippen molar-refractivity contribution in [1.82, 2.24) is 0 Å². The Morgan fingerprint density at radius 1 is 1.04 bits per heavy atom. The zero-order chi connectivity index (χ0) is 19.3. The highest BCUT2D eigenvalue weighted by atomic mass is 32.2. The summed E-state index contributed by atoms with van der Waals surface area (Å²) in [5.41, 5.74) is 0.943. The van der Waals surface area contributed by atoms with Gasteiger partial charge in [0.15, 0.2) is 0 Å². The van der Waals surface area contributed by atoms with Gasteiger partial charge in [-0.1, -0.05) is 18.2 Å². The quantitative estimate of drug-likeness (QED) is 0.738. The van der Waals surface area contributed by atoms with Crippen LogP contribution >= 0.6 is 0 Å². The van der Waals surface area contributed by atoms with E-state index in [2.05, 4.69) is 0 Å². The molecule has 0 saturated carbocycles. The maximum absolute atomic E-state index is 12.7. The highest BCUT2D eigenvalue weighted by Crippen LogP contribution is 2.33. The Bertz CT molecular complexity index is 868. The van der Waals surface area contributed by atoms with Crippen LogP contribution in [0.15, 0.2) is 48.5 Å². The van der Waals surface area contributed by atoms with Gasteiger partial charge >= 0.3 is 0 Å². The smallest absolute Gasteiger partial charge is 0.247 e. The molecule has 26 heavy (non-hydrogen) atoms. The third-order valence-corrected chi connectivity index (χ3v) is 4.98. The number of rotatable bonds is 7. The van der Waals surface area contributed by atoms with E-state index in [1.807, 2.05) is 6.07 Å². The summed E-state index contributed by atoms with van der Waals surface area (Å²) >= 11 is 0. The normalized spacial score (nSPS) is 10.9. The van der Waals surface area contributed by atoms with Gasteiger partial charge in [-0.05, 0) is 24.3 Å². The second-order valence-electron chi connectivity index (χ2n) is 5.60. The number of para-hydroxylation sites is 1. The van der Waals surface area contributed by atoms with Crippen LogP contribution < -0.4 is 18.7 Å². The first kappa shape index (κ1) is 19.6. The van der Waals surface area contributed by atoms with Gasteiger partial charge < -0.3 is 14.4 Å². The van der Waals surface area contributed by atoms with Crippen LogP contribution in [0.4, 0.5) is 11.4 Å². The minimum absolute atomic E-state index is 0.269. The van der Waals surface area contributed by atoms with Gasteiger partial charge in [0.2, 0.25) is 15.9 Å². The summed E-state index contributed by atoms with van der Waals surface area (Å²) in [5.74, 6) is 0.441. The van der Waals surface area contributed by atoms with Crippen molar-refractivity contribution in [3.05, 3.63) is 48.5 Å². The molecule has 0 spiro atoms. The van der Waals surface area contributed by atoms with E-state index in [9.17, 15) is 13.2 Å². The fourth-order valence-corrected chi connectivity index (χ4v) is 3.25. The number of anilines is 2. The molecule has 0 radical (unpaired) electrons. The van der Waals surface area contributed by atoms with Gasteiger partial charge in [0.25, 0.3) is 0 Å². The highest BCUT2D eigenvalue weighted by Gasteiger charge is 2.26. The molecule has 2 aromatic rings. The lowest BCUT2D eigenvalue weighted by atomic mass is 10.2. The predicted molar refractivity (Wildman–Crippen MR) is 102 cm³/mol. The van der Waals surface area contributed by atoms with Crippen molar-refractivity contribution in [2.45, 2.75) is 0 Å². The molecular weight excluding hydrogens is 356 g/mol. The number of carbonyl (C=O) groups is 1. The molecule has 0 aliphatic carbocycles. The number of carbonyl (C=O) groups excluding carboxylic acids is 1. The lowest BCUT2D eigenvalue weighted by molar-refractivity contribution is -0.116. The topological polar surface area (TPSA) is 76.2 Å². The van der Waals surface area contributed by atoms with E-state index in [4.69, 9.17) is 9.47 Å². The van der Waals surface area contributed by atoms with Crippen molar-refractivity contribution in [2.24, 2.45) is 0 Å². The van der Waals surface area contributed by atoms with Crippen LogP contribution in [0.5, 0.6) is 11.5 Å². The number of sulfonamides is 1. The van der Waals surface area contributed by atoms with E-state index in [-0.39, 0.29) is 18.1 Å². The number of nitrogens with zero attached hydrogens (tertiary/aromatic N) is 2. The fraction of sp³-hybridized carbons (Fsp3) is 0.278. The van der Waals surface area contributed by atoms with E-state index in [1.54, 1.807) is 49.5 Å². The molecule has 0 atom stereocenters. The molecule has 0 bridgehead atoms. The van der Waals surface area contributed by atoms with Gasteiger partial charge in [0.1, 0.15) is 18.0 Å². The zero-order valence-corrected chi connectivity index (χ0v) is 16.0. The van der Waals surface area contributed by atoms with E-state index < -0.39 is 10.0 Å². The Morgan fingerprint density at radius 2 is 1.69 bits per heavy atom. The first-order chi connectivity index (χ1) is 12.3. The zero-order valence-electron chi connectivity index (χ0n) is 15.2. The second-order valence-corrected chi connectivity index (χ2v) is 7.50. The summed E-state index contributed by atoms with van der Waals surface area (Å²) in [6, 6.07) is 13.7. The van der Waals surface area contributed by atoms with Crippen LogP contribution in [0.2, 0.25) is 0 Å². The van der Waals surface area contributed by atoms with E-state index >= 15 is 0 Å². The van der Waals surface area contributed by atoms with Crippen LogP contribution in [-0.2, 0) is 14.8 Å². The number of likely N-dealkylation sites (N-methyl/N-ethyl adjacent to an activating group) is 1. The van der Waals surface area contributed by atoms with Crippen molar-refractivity contribution >= 4 is 27.3 Å². The average molecular weight is 378 g/mol. The molecule has 8 heteroatoms. The van der Waals surface area contributed by atoms with Gasteiger partial charge in [-0.2, -0.15) is 0 Å². The van der Waals surface area contributed by atoms with E-state index in [1.165, 1.54) is 19.1 Å². The second kappa shape index (κ2) is 8.09. The van der Waals surface area contributed by atoms with Crippen molar-refractivity contribution in [3.8, 4) is 11.5 Å². The average Bonchev–Trinajstić information content (AvgIpc) is 2.64. The number of benzene rings is 2. The number of methoxy groups -OCH3 is 2. The summed E-state index contributed by atoms with van der Waals surface area (Å²) in [6.07, 6.45) is 1.05. The molecule has 140 valence electrons. The molecule has 7 nitrogen and oxygen atoms in total. The Kier molecular flexibility index (Phi) is 6.10. The highest BCUT2D eigenvalue weighted by molar-refractivity contribution is 7.92. The maximum atomic E-state index is 12.7. The van der Waals surface area contributed by atoms with Gasteiger partial charge in [0, 0.05) is 18.8 Å². The van der Waals surface area contributed by atoms with Gasteiger partial charge in [-0.3, -0.25) is 9.10 Å². The number of hydrogen-bond donors (Lipinski definition) is 0. The van der Waals surface area contributed by atoms with E-state index in [0.29, 0.717) is 17.2 Å². The standard InChI is InChI=1S/C18H22N2O5S/c1-19(14-8-6-5-7-9-14)18(21)13-20(26(4,22)23)16-11-10-15(24-2)12-17(16)25-3/h5-12H,13H2,1-4H3. The van der Waals surface area contributed by atoms with Gasteiger partial charge in [0.05, 0.1) is 26.2 Å². The lowest BCUT2D eigenvalue weighted by Crippen LogP contribution is -2.41. The Labute approximate surface area is 153 Å². The van der Waals surface area contributed by atoms with Crippen LogP contribution in [0.1, 0.15) is 0 Å². The number of ether oxygens (including phenoxy) is 2. The van der Waals surface area contributed by atoms with E-state index in [0.717, 1.165) is 10.6 Å². The molecular formula is C18H22N2O5S. The molecule has 1 amide bonds. The molecule has 0 saturated heterocycles. The largest absolute Gasteiger partial charge is 0.497 e. The number of amides is 1. The van der Waals surface area contributed by atoms with Crippen LogP contribution in [0, 0.1) is 0 Å². The first-order valence-electron chi connectivity index (χ1n) is 7.79. The Hall–Kier alpha value is -2.74. The first-order valence-corrected chi connectivity index (χ1v) is 9.64. The third-order valence-electron chi connectivity index (χ3n) is 3.85. The summed E-state index contributed by atoms with van der Waals surface area (Å²) < 4.78 is 36.1. The lowest BCUT2D eigenvalue weighted by Gasteiger charge is -2.26. The monoisotopic (exact) mass is 378 g/mol. The molecule has 0 heterocycles. The number of hydrogen-bond acceptors (Lipinski definition) is 5. The summed E-state index contributed by atoms with van der Waals surface area (Å²) in [7, 11) is 0.813. The molecule has 0 aromatic heterocycles. The predicted octanol–water partition coefficient (Wildman–Crippen LogP) is 2.13. The van der Waals surface area contributed by atoms with Crippen molar-refractivity contribution in [1.29, 1.82) is 0 Å². The van der Waals surface area contributed by atoms with Crippen LogP contribution in [-0.4, -0.2) is 48.4 Å². The minimum atomic E-state index is -3.72. The summed E-state index contributed by atoms with van der Waals surface area (Å²) in [6.45, 7) is -0.354. The van der Waals surface area contributed by atoms with Crippen LogP contribution in [0.25, 0.3) is 0 Å². The van der Waals surface area contributed by atoms with Crippen molar-refractivity contribution in [3.63, 3.8) is 0 Å². The molecule has 0 N–H and O–H groups in total. The SMILES string of the molecule is COc1ccc(N(CC(=O)N(C)c2ccccc2)S(C)(=O)=O)c(OC)c1. The molecule has 0 unspecified atom stereocenters. The minimum Gasteiger partial charge on any atom is -0.497 e. The summed E-state index contributed by atoms with van der Waals surface area (Å²) in [5, 5.41) is 0. The van der Waals surface area contributed by atoms with Gasteiger partial charge in [-0.15, -0.1) is 0 Å². The molecule has 0 fully saturated rings. The van der Waals surface area contributed by atoms with Crippen molar-refractivity contribution in [2.75, 3.05) is 43.3 Å². The molecule has 2 rings (SSSR count). The van der Waals surface area contributed by atoms with Crippen molar-refractivity contribution < 1.29 is 22.7 Å². The Morgan fingerprint density at radius 3 is 2.23 bits per heavy atom. The van der Waals surface area contributed by atoms with Crippen LogP contribution in [0.3, 0.4) is 0 Å². The Balaban J connectivity index is 2.36. The molecule has 2 aromatic carbocycles.